The highest BCUT2D eigenvalue weighted by atomic mass is 32.2. The Kier molecular flexibility index (Phi) is 6.79. The molecule has 3 unspecified atom stereocenters. The summed E-state index contributed by atoms with van der Waals surface area (Å²) in [6, 6.07) is 9.69. The molecule has 0 spiro atoms. The molecule has 1 heterocycles. The van der Waals surface area contributed by atoms with Crippen molar-refractivity contribution in [2.45, 2.75) is 49.7 Å². The summed E-state index contributed by atoms with van der Waals surface area (Å²) in [5.74, 6) is 2.60. The van der Waals surface area contributed by atoms with Gasteiger partial charge in [0.05, 0.1) is 0 Å². The predicted octanol–water partition coefficient (Wildman–Crippen LogP) is 4.53. The van der Waals surface area contributed by atoms with Crippen molar-refractivity contribution in [1.82, 2.24) is 5.32 Å². The molecule has 20 heavy (non-hydrogen) atoms. The highest BCUT2D eigenvalue weighted by Crippen LogP contribution is 2.40. The van der Waals surface area contributed by atoms with E-state index in [0.717, 1.165) is 5.25 Å². The van der Waals surface area contributed by atoms with Gasteiger partial charge < -0.3 is 5.32 Å². The third kappa shape index (κ3) is 3.96. The normalized spacial score (nSPS) is 24.6. The molecule has 1 aliphatic rings. The Morgan fingerprint density at radius 2 is 2.05 bits per heavy atom. The van der Waals surface area contributed by atoms with Gasteiger partial charge in [0.2, 0.25) is 0 Å². The molecule has 0 aliphatic carbocycles. The van der Waals surface area contributed by atoms with Gasteiger partial charge >= 0.3 is 0 Å². The lowest BCUT2D eigenvalue weighted by Gasteiger charge is -2.36. The number of hydrogen-bond donors (Lipinski definition) is 1. The first-order valence-electron chi connectivity index (χ1n) is 7.79. The van der Waals surface area contributed by atoms with E-state index in [1.54, 1.807) is 0 Å². The van der Waals surface area contributed by atoms with Gasteiger partial charge in [-0.2, -0.15) is 23.5 Å². The minimum absolute atomic E-state index is 0.481. The number of aryl methyl sites for hydroxylation is 1. The van der Waals surface area contributed by atoms with E-state index < -0.39 is 0 Å². The van der Waals surface area contributed by atoms with Crippen LogP contribution in [0.1, 0.15) is 43.9 Å². The highest BCUT2D eigenvalue weighted by molar-refractivity contribution is 8.07. The van der Waals surface area contributed by atoms with Crippen molar-refractivity contribution >= 4 is 23.5 Å². The summed E-state index contributed by atoms with van der Waals surface area (Å²) < 4.78 is 0. The number of rotatable bonds is 6. The quantitative estimate of drug-likeness (QED) is 0.829. The lowest BCUT2D eigenvalue weighted by atomic mass is 9.97. The van der Waals surface area contributed by atoms with E-state index in [0.29, 0.717) is 11.3 Å². The average Bonchev–Trinajstić information content (AvgIpc) is 2.49. The Morgan fingerprint density at radius 3 is 2.75 bits per heavy atom. The first-order valence-corrected chi connectivity index (χ1v) is 9.89. The number of nitrogens with one attached hydrogen (secondary N) is 1. The van der Waals surface area contributed by atoms with Crippen LogP contribution in [0, 0.1) is 0 Å². The smallest absolute Gasteiger partial charge is 0.0449 e. The monoisotopic (exact) mass is 309 g/mol. The van der Waals surface area contributed by atoms with E-state index in [1.807, 2.05) is 0 Å². The van der Waals surface area contributed by atoms with Gasteiger partial charge in [-0.1, -0.05) is 44.5 Å². The Labute approximate surface area is 132 Å². The summed E-state index contributed by atoms with van der Waals surface area (Å²) in [6.45, 7) is 4.58. The zero-order valence-electron chi connectivity index (χ0n) is 12.9. The molecule has 0 amide bonds. The van der Waals surface area contributed by atoms with Crippen LogP contribution in [0.2, 0.25) is 0 Å². The van der Waals surface area contributed by atoms with Crippen molar-refractivity contribution in [2.24, 2.45) is 0 Å². The molecular formula is C17H27NS2. The van der Waals surface area contributed by atoms with Gasteiger partial charge in [0.1, 0.15) is 0 Å². The van der Waals surface area contributed by atoms with Crippen molar-refractivity contribution in [3.8, 4) is 0 Å². The van der Waals surface area contributed by atoms with Crippen molar-refractivity contribution in [3.05, 3.63) is 35.4 Å². The zero-order chi connectivity index (χ0) is 14.4. The van der Waals surface area contributed by atoms with E-state index >= 15 is 0 Å². The molecule has 1 saturated heterocycles. The minimum atomic E-state index is 0.481. The van der Waals surface area contributed by atoms with E-state index in [1.165, 1.54) is 41.9 Å². The molecule has 0 bridgehead atoms. The maximum absolute atomic E-state index is 3.59. The third-order valence-electron chi connectivity index (χ3n) is 3.98. The molecule has 3 heteroatoms. The Bertz CT molecular complexity index is 408. The second-order valence-corrected chi connectivity index (χ2v) is 8.05. The molecule has 2 rings (SSSR count). The SMILES string of the molecule is CCCc1cccc(C(NC)C2SCCSC2CC)c1. The highest BCUT2D eigenvalue weighted by Gasteiger charge is 2.32. The summed E-state index contributed by atoms with van der Waals surface area (Å²) in [5, 5.41) is 5.06. The fraction of sp³-hybridized carbons (Fsp3) is 0.647. The molecule has 1 N–H and O–H groups in total. The van der Waals surface area contributed by atoms with Crippen LogP contribution in [0.15, 0.2) is 24.3 Å². The Morgan fingerprint density at radius 1 is 1.25 bits per heavy atom. The molecule has 1 nitrogen and oxygen atoms in total. The second kappa shape index (κ2) is 8.35. The van der Waals surface area contributed by atoms with Crippen LogP contribution in [0.4, 0.5) is 0 Å². The maximum atomic E-state index is 3.59. The standard InChI is InChI=1S/C17H27NS2/c1-4-7-13-8-6-9-14(12-13)16(18-3)17-15(5-2)19-10-11-20-17/h6,8-9,12,15-18H,4-5,7,10-11H2,1-3H3. The first-order chi connectivity index (χ1) is 9.80. The summed E-state index contributed by atoms with van der Waals surface area (Å²) in [6.07, 6.45) is 3.68. The van der Waals surface area contributed by atoms with Crippen molar-refractivity contribution in [1.29, 1.82) is 0 Å². The fourth-order valence-corrected chi connectivity index (χ4v) is 6.29. The van der Waals surface area contributed by atoms with Gasteiger partial charge in [0.15, 0.2) is 0 Å². The van der Waals surface area contributed by atoms with Crippen molar-refractivity contribution in [2.75, 3.05) is 18.6 Å². The van der Waals surface area contributed by atoms with Gasteiger partial charge in [-0.25, -0.2) is 0 Å². The van der Waals surface area contributed by atoms with Crippen LogP contribution in [-0.2, 0) is 6.42 Å². The Hall–Kier alpha value is -0.120. The average molecular weight is 310 g/mol. The summed E-state index contributed by atoms with van der Waals surface area (Å²) in [4.78, 5) is 0. The Balaban J connectivity index is 2.19. The zero-order valence-corrected chi connectivity index (χ0v) is 14.5. The molecular weight excluding hydrogens is 282 g/mol. The lowest BCUT2D eigenvalue weighted by molar-refractivity contribution is 0.543. The van der Waals surface area contributed by atoms with Crippen LogP contribution in [0.25, 0.3) is 0 Å². The molecule has 0 radical (unpaired) electrons. The lowest BCUT2D eigenvalue weighted by Crippen LogP contribution is -2.37. The van der Waals surface area contributed by atoms with Crippen molar-refractivity contribution < 1.29 is 0 Å². The van der Waals surface area contributed by atoms with Gasteiger partial charge in [-0.3, -0.25) is 0 Å². The van der Waals surface area contributed by atoms with Crippen LogP contribution < -0.4 is 5.32 Å². The maximum Gasteiger partial charge on any atom is 0.0449 e. The molecule has 3 atom stereocenters. The van der Waals surface area contributed by atoms with E-state index in [9.17, 15) is 0 Å². The molecule has 0 aromatic heterocycles. The largest absolute Gasteiger partial charge is 0.312 e. The number of thioether (sulfide) groups is 2. The van der Waals surface area contributed by atoms with Gasteiger partial charge in [-0.15, -0.1) is 0 Å². The fourth-order valence-electron chi connectivity index (χ4n) is 3.00. The van der Waals surface area contributed by atoms with Gasteiger partial charge in [0, 0.05) is 28.0 Å². The van der Waals surface area contributed by atoms with Gasteiger partial charge in [0.25, 0.3) is 0 Å². The molecule has 1 aromatic rings. The second-order valence-electron chi connectivity index (χ2n) is 5.41. The molecule has 0 saturated carbocycles. The van der Waals surface area contributed by atoms with Gasteiger partial charge in [-0.05, 0) is 31.0 Å². The summed E-state index contributed by atoms with van der Waals surface area (Å²) in [5.41, 5.74) is 2.95. The molecule has 1 aliphatic heterocycles. The van der Waals surface area contributed by atoms with Crippen LogP contribution in [0.5, 0.6) is 0 Å². The summed E-state index contributed by atoms with van der Waals surface area (Å²) >= 11 is 4.32. The van der Waals surface area contributed by atoms with Crippen LogP contribution >= 0.6 is 23.5 Å². The van der Waals surface area contributed by atoms with Crippen LogP contribution in [-0.4, -0.2) is 29.1 Å². The minimum Gasteiger partial charge on any atom is -0.312 e. The van der Waals surface area contributed by atoms with E-state index in [-0.39, 0.29) is 0 Å². The third-order valence-corrected chi connectivity index (χ3v) is 7.33. The van der Waals surface area contributed by atoms with Crippen LogP contribution in [0.3, 0.4) is 0 Å². The van der Waals surface area contributed by atoms with Crippen molar-refractivity contribution in [3.63, 3.8) is 0 Å². The molecule has 1 aromatic carbocycles. The first kappa shape index (κ1) is 16.3. The number of benzene rings is 1. The predicted molar refractivity (Wildman–Crippen MR) is 95.0 cm³/mol. The number of hydrogen-bond acceptors (Lipinski definition) is 3. The summed E-state index contributed by atoms with van der Waals surface area (Å²) in [7, 11) is 2.11. The molecule has 112 valence electrons. The van der Waals surface area contributed by atoms with E-state index in [4.69, 9.17) is 0 Å². The topological polar surface area (TPSA) is 12.0 Å². The van der Waals surface area contributed by atoms with E-state index in [2.05, 4.69) is 74.0 Å². The molecule has 1 fully saturated rings.